The zero-order chi connectivity index (χ0) is 30.2. The Morgan fingerprint density at radius 1 is 0.304 bits per heavy atom. The average molecular weight is 585 g/mol. The molecule has 0 unspecified atom stereocenters. The second-order valence-corrected chi connectivity index (χ2v) is 12.2. The molecule has 10 rings (SSSR count). The first kappa shape index (κ1) is 25.2. The van der Waals surface area contributed by atoms with Crippen LogP contribution in [0, 0.1) is 0 Å². The van der Waals surface area contributed by atoms with Crippen molar-refractivity contribution in [3.05, 3.63) is 170 Å². The highest BCUT2D eigenvalue weighted by Gasteiger charge is 2.20. The number of fused-ring (bicyclic) bond motifs is 9. The maximum absolute atomic E-state index is 2.45. The van der Waals surface area contributed by atoms with Gasteiger partial charge in [-0.15, -0.1) is 0 Å². The van der Waals surface area contributed by atoms with E-state index < -0.39 is 0 Å². The monoisotopic (exact) mass is 584 g/mol. The van der Waals surface area contributed by atoms with E-state index in [0.717, 1.165) is 11.4 Å². The first-order valence-corrected chi connectivity index (χ1v) is 15.9. The summed E-state index contributed by atoms with van der Waals surface area (Å²) in [6.07, 6.45) is 0. The lowest BCUT2D eigenvalue weighted by molar-refractivity contribution is 1.17. The van der Waals surface area contributed by atoms with Crippen LogP contribution in [-0.4, -0.2) is 9.13 Å². The van der Waals surface area contributed by atoms with Crippen LogP contribution in [0.5, 0.6) is 0 Å². The van der Waals surface area contributed by atoms with Gasteiger partial charge in [-0.25, -0.2) is 0 Å². The molecule has 214 valence electrons. The summed E-state index contributed by atoms with van der Waals surface area (Å²) < 4.78 is 4.88. The Kier molecular flexibility index (Phi) is 5.31. The molecular weight excluding hydrogens is 556 g/mol. The first-order chi connectivity index (χ1) is 22.8. The molecule has 46 heavy (non-hydrogen) atoms. The van der Waals surface area contributed by atoms with Gasteiger partial charge < -0.3 is 9.13 Å². The number of aromatic nitrogens is 2. The number of hydrogen-bond donors (Lipinski definition) is 0. The van der Waals surface area contributed by atoms with E-state index in [1.165, 1.54) is 76.3 Å². The normalized spacial score (nSPS) is 11.9. The molecule has 2 aromatic heterocycles. The second-order valence-electron chi connectivity index (χ2n) is 12.2. The van der Waals surface area contributed by atoms with E-state index in [1.807, 2.05) is 0 Å². The molecule has 0 amide bonds. The Labute approximate surface area is 266 Å². The van der Waals surface area contributed by atoms with E-state index in [0.29, 0.717) is 0 Å². The van der Waals surface area contributed by atoms with Crippen molar-refractivity contribution < 1.29 is 0 Å². The van der Waals surface area contributed by atoms with Crippen LogP contribution in [0.25, 0.3) is 87.7 Å². The number of benzene rings is 8. The summed E-state index contributed by atoms with van der Waals surface area (Å²) in [6.45, 7) is 0. The van der Waals surface area contributed by atoms with Crippen LogP contribution >= 0.6 is 0 Å². The Bertz CT molecular complexity index is 2790. The first-order valence-electron chi connectivity index (χ1n) is 15.9. The van der Waals surface area contributed by atoms with Gasteiger partial charge in [-0.1, -0.05) is 121 Å². The molecule has 0 saturated carbocycles. The molecule has 0 fully saturated rings. The third-order valence-corrected chi connectivity index (χ3v) is 9.67. The Balaban J connectivity index is 1.32. The second kappa shape index (κ2) is 9.69. The highest BCUT2D eigenvalue weighted by molar-refractivity contribution is 6.25. The smallest absolute Gasteiger partial charge is 0.0562 e. The lowest BCUT2D eigenvalue weighted by Crippen LogP contribution is -1.96. The van der Waals surface area contributed by atoms with Gasteiger partial charge in [0.15, 0.2) is 0 Å². The summed E-state index contributed by atoms with van der Waals surface area (Å²) in [6, 6.07) is 62.0. The minimum atomic E-state index is 1.16. The topological polar surface area (TPSA) is 9.86 Å². The number of rotatable bonds is 3. The molecular formula is C44H28N2. The fraction of sp³-hybridized carbons (Fsp3) is 0. The zero-order valence-electron chi connectivity index (χ0n) is 25.1. The van der Waals surface area contributed by atoms with Crippen molar-refractivity contribution in [2.24, 2.45) is 0 Å². The number of para-hydroxylation sites is 2. The summed E-state index contributed by atoms with van der Waals surface area (Å²) in [5.41, 5.74) is 9.63. The molecule has 0 radical (unpaired) electrons. The van der Waals surface area contributed by atoms with Gasteiger partial charge in [0.1, 0.15) is 0 Å². The van der Waals surface area contributed by atoms with Gasteiger partial charge in [0.2, 0.25) is 0 Å². The van der Waals surface area contributed by atoms with E-state index in [-0.39, 0.29) is 0 Å². The number of hydrogen-bond acceptors (Lipinski definition) is 0. The molecule has 0 saturated heterocycles. The minimum Gasteiger partial charge on any atom is -0.309 e. The fourth-order valence-corrected chi connectivity index (χ4v) is 7.67. The van der Waals surface area contributed by atoms with Crippen LogP contribution in [-0.2, 0) is 0 Å². The number of nitrogens with zero attached hydrogens (tertiary/aromatic N) is 2. The lowest BCUT2D eigenvalue weighted by atomic mass is 9.98. The molecule has 8 aromatic carbocycles. The molecule has 2 nitrogen and oxygen atoms in total. The molecule has 0 atom stereocenters. The molecule has 2 heteroatoms. The predicted molar refractivity (Wildman–Crippen MR) is 196 cm³/mol. The van der Waals surface area contributed by atoms with Gasteiger partial charge in [0.25, 0.3) is 0 Å². The van der Waals surface area contributed by atoms with Crippen LogP contribution in [0.3, 0.4) is 0 Å². The van der Waals surface area contributed by atoms with Crippen molar-refractivity contribution in [2.75, 3.05) is 0 Å². The zero-order valence-corrected chi connectivity index (χ0v) is 25.1. The summed E-state index contributed by atoms with van der Waals surface area (Å²) in [5, 5.41) is 10.2. The van der Waals surface area contributed by atoms with Crippen LogP contribution in [0.2, 0.25) is 0 Å². The molecule has 2 heterocycles. The maximum Gasteiger partial charge on any atom is 0.0562 e. The summed E-state index contributed by atoms with van der Waals surface area (Å²) in [5.74, 6) is 0. The summed E-state index contributed by atoms with van der Waals surface area (Å²) in [4.78, 5) is 0. The van der Waals surface area contributed by atoms with E-state index in [2.05, 4.69) is 179 Å². The Morgan fingerprint density at radius 3 is 1.80 bits per heavy atom. The molecule has 0 aliphatic carbocycles. The quantitative estimate of drug-likeness (QED) is 0.195. The SMILES string of the molecule is c1ccc(-n2c3cc4c(cc3c3c5ccccc5ccc32)c2ccccc2n4-c2cccc(-c3cccc4ccccc34)c2)cc1. The van der Waals surface area contributed by atoms with Crippen molar-refractivity contribution >= 4 is 65.2 Å². The van der Waals surface area contributed by atoms with Crippen molar-refractivity contribution in [1.29, 1.82) is 0 Å². The standard InChI is InChI=1S/C44H28N2/c1-2-16-32(17-3-1)45-41-25-24-30-13-5-7-20-36(30)44(41)39-27-38-37-21-8-9-23-40(37)46(42(38)28-43(39)45)33-18-10-15-31(26-33)35-22-11-14-29-12-4-6-19-34(29)35/h1-28H. The largest absolute Gasteiger partial charge is 0.309 e. The van der Waals surface area contributed by atoms with Crippen LogP contribution < -0.4 is 0 Å². The average Bonchev–Trinajstić information content (AvgIpc) is 3.63. The van der Waals surface area contributed by atoms with E-state index in [4.69, 9.17) is 0 Å². The highest BCUT2D eigenvalue weighted by atomic mass is 15.0. The van der Waals surface area contributed by atoms with Crippen molar-refractivity contribution in [3.8, 4) is 22.5 Å². The third-order valence-electron chi connectivity index (χ3n) is 9.67. The van der Waals surface area contributed by atoms with Crippen molar-refractivity contribution in [1.82, 2.24) is 9.13 Å². The van der Waals surface area contributed by atoms with Gasteiger partial charge in [0, 0.05) is 32.9 Å². The minimum absolute atomic E-state index is 1.16. The van der Waals surface area contributed by atoms with Crippen LogP contribution in [0.15, 0.2) is 170 Å². The fourth-order valence-electron chi connectivity index (χ4n) is 7.67. The van der Waals surface area contributed by atoms with Crippen molar-refractivity contribution in [3.63, 3.8) is 0 Å². The third kappa shape index (κ3) is 3.59. The predicted octanol–water partition coefficient (Wildman–Crippen LogP) is 11.9. The molecule has 0 aliphatic rings. The van der Waals surface area contributed by atoms with E-state index >= 15 is 0 Å². The molecule has 0 aliphatic heterocycles. The van der Waals surface area contributed by atoms with Crippen LogP contribution in [0.1, 0.15) is 0 Å². The molecule has 0 spiro atoms. The molecule has 0 bridgehead atoms. The van der Waals surface area contributed by atoms with Crippen LogP contribution in [0.4, 0.5) is 0 Å². The summed E-state index contributed by atoms with van der Waals surface area (Å²) >= 11 is 0. The highest BCUT2D eigenvalue weighted by Crippen LogP contribution is 2.42. The summed E-state index contributed by atoms with van der Waals surface area (Å²) in [7, 11) is 0. The van der Waals surface area contributed by atoms with Gasteiger partial charge >= 0.3 is 0 Å². The molecule has 10 aromatic rings. The van der Waals surface area contributed by atoms with Gasteiger partial charge in [-0.05, 0) is 81.2 Å². The van der Waals surface area contributed by atoms with E-state index in [1.54, 1.807) is 0 Å². The van der Waals surface area contributed by atoms with Crippen molar-refractivity contribution in [2.45, 2.75) is 0 Å². The lowest BCUT2D eigenvalue weighted by Gasteiger charge is -2.12. The Morgan fingerprint density at radius 2 is 0.935 bits per heavy atom. The van der Waals surface area contributed by atoms with E-state index in [9.17, 15) is 0 Å². The van der Waals surface area contributed by atoms with Gasteiger partial charge in [0.05, 0.1) is 22.1 Å². The van der Waals surface area contributed by atoms with Gasteiger partial charge in [-0.2, -0.15) is 0 Å². The van der Waals surface area contributed by atoms with Gasteiger partial charge in [-0.3, -0.25) is 0 Å². The Hall–Kier alpha value is -6.12. The maximum atomic E-state index is 2.45. The molecule has 0 N–H and O–H groups in total.